The van der Waals surface area contributed by atoms with Crippen molar-refractivity contribution in [2.24, 2.45) is 0 Å². The number of hydrogen-bond donors (Lipinski definition) is 1. The maximum atomic E-state index is 14.7. The second kappa shape index (κ2) is 15.8. The third kappa shape index (κ3) is 8.72. The highest BCUT2D eigenvalue weighted by Crippen LogP contribution is 2.31. The van der Waals surface area contributed by atoms with Gasteiger partial charge in [0.15, 0.2) is 0 Å². The molecule has 1 saturated carbocycles. The maximum Gasteiger partial charge on any atom is 0.264 e. The fraction of sp³-hybridized carbons (Fsp3) is 0.297. The molecule has 0 radical (unpaired) electrons. The van der Waals surface area contributed by atoms with Crippen molar-refractivity contribution >= 4 is 62.3 Å². The van der Waals surface area contributed by atoms with E-state index in [4.69, 9.17) is 34.8 Å². The standard InChI is InChI=1S/C37H38Cl3N3O4S/c1-25-12-17-31(18-13-25)48(46,47)43(34-22-29(38)16-14-26(34)2)24-36(44)42(23-28-15-19-32(39)33(40)20-28)35(21-27-8-4-3-5-9-27)37(45)41-30-10-6-7-11-30/h3-5,8-9,12-20,22,30,35H,6-7,10-11,21,23-24H2,1-2H3,(H,41,45)/t35-/m0/s1. The number of nitrogens with zero attached hydrogens (tertiary/aromatic N) is 2. The molecule has 1 atom stereocenters. The lowest BCUT2D eigenvalue weighted by atomic mass is 10.0. The highest BCUT2D eigenvalue weighted by Gasteiger charge is 2.36. The second-order valence-electron chi connectivity index (χ2n) is 12.2. The van der Waals surface area contributed by atoms with Crippen molar-refractivity contribution in [3.8, 4) is 0 Å². The Labute approximate surface area is 297 Å². The smallest absolute Gasteiger partial charge is 0.264 e. The average Bonchev–Trinajstić information content (AvgIpc) is 3.58. The first-order valence-corrected chi connectivity index (χ1v) is 18.4. The van der Waals surface area contributed by atoms with Crippen molar-refractivity contribution in [3.05, 3.63) is 128 Å². The van der Waals surface area contributed by atoms with Gasteiger partial charge in [0, 0.05) is 24.0 Å². The van der Waals surface area contributed by atoms with Gasteiger partial charge in [0.2, 0.25) is 11.8 Å². The SMILES string of the molecule is Cc1ccc(S(=O)(=O)N(CC(=O)N(Cc2ccc(Cl)c(Cl)c2)[C@@H](Cc2ccccc2)C(=O)NC2CCCC2)c2cc(Cl)ccc2C)cc1. The van der Waals surface area contributed by atoms with Gasteiger partial charge in [-0.3, -0.25) is 13.9 Å². The van der Waals surface area contributed by atoms with E-state index in [9.17, 15) is 18.0 Å². The Morgan fingerprint density at radius 3 is 2.19 bits per heavy atom. The van der Waals surface area contributed by atoms with E-state index in [1.54, 1.807) is 49.4 Å². The van der Waals surface area contributed by atoms with Crippen LogP contribution in [0.1, 0.15) is 47.9 Å². The van der Waals surface area contributed by atoms with E-state index < -0.39 is 28.5 Å². The zero-order valence-corrected chi connectivity index (χ0v) is 29.9. The highest BCUT2D eigenvalue weighted by atomic mass is 35.5. The summed E-state index contributed by atoms with van der Waals surface area (Å²) in [6, 6.07) is 24.9. The molecular formula is C37H38Cl3N3O4S. The number of amides is 2. The number of anilines is 1. The molecular weight excluding hydrogens is 689 g/mol. The summed E-state index contributed by atoms with van der Waals surface area (Å²) in [5, 5.41) is 4.14. The lowest BCUT2D eigenvalue weighted by Gasteiger charge is -2.34. The number of carbonyl (C=O) groups excluding carboxylic acids is 2. The van der Waals surface area contributed by atoms with Gasteiger partial charge in [-0.15, -0.1) is 0 Å². The minimum absolute atomic E-state index is 0.00484. The molecule has 1 N–H and O–H groups in total. The minimum Gasteiger partial charge on any atom is -0.352 e. The third-order valence-corrected chi connectivity index (χ3v) is 11.4. The van der Waals surface area contributed by atoms with E-state index in [0.717, 1.165) is 41.1 Å². The summed E-state index contributed by atoms with van der Waals surface area (Å²) in [6.45, 7) is 3.02. The molecule has 0 aromatic heterocycles. The quantitative estimate of drug-likeness (QED) is 0.160. The molecule has 5 rings (SSSR count). The molecule has 7 nitrogen and oxygen atoms in total. The fourth-order valence-electron chi connectivity index (χ4n) is 5.96. The van der Waals surface area contributed by atoms with Crippen LogP contribution < -0.4 is 9.62 Å². The molecule has 2 amide bonds. The zero-order chi connectivity index (χ0) is 34.4. The topological polar surface area (TPSA) is 86.8 Å². The summed E-state index contributed by atoms with van der Waals surface area (Å²) >= 11 is 19.0. The van der Waals surface area contributed by atoms with Crippen LogP contribution in [0.4, 0.5) is 5.69 Å². The Hall–Kier alpha value is -3.56. The van der Waals surface area contributed by atoms with Crippen LogP contribution in [0, 0.1) is 13.8 Å². The summed E-state index contributed by atoms with van der Waals surface area (Å²) < 4.78 is 29.7. The van der Waals surface area contributed by atoms with Crippen LogP contribution in [0.15, 0.2) is 95.9 Å². The van der Waals surface area contributed by atoms with Crippen LogP contribution in [0.2, 0.25) is 15.1 Å². The fourth-order valence-corrected chi connectivity index (χ4v) is 7.92. The number of carbonyl (C=O) groups is 2. The van der Waals surface area contributed by atoms with Crippen molar-refractivity contribution in [2.45, 2.75) is 69.5 Å². The largest absolute Gasteiger partial charge is 0.352 e. The molecule has 0 heterocycles. The van der Waals surface area contributed by atoms with E-state index in [2.05, 4.69) is 5.32 Å². The van der Waals surface area contributed by atoms with Gasteiger partial charge < -0.3 is 10.2 Å². The van der Waals surface area contributed by atoms with E-state index in [0.29, 0.717) is 26.2 Å². The van der Waals surface area contributed by atoms with Crippen molar-refractivity contribution in [2.75, 3.05) is 10.8 Å². The monoisotopic (exact) mass is 725 g/mol. The molecule has 1 aliphatic carbocycles. The Morgan fingerprint density at radius 1 is 0.833 bits per heavy atom. The molecule has 1 fully saturated rings. The summed E-state index contributed by atoms with van der Waals surface area (Å²) in [6.07, 6.45) is 3.98. The Morgan fingerprint density at radius 2 is 1.52 bits per heavy atom. The normalized spacial score (nSPS) is 14.0. The van der Waals surface area contributed by atoms with Gasteiger partial charge in [-0.05, 0) is 79.8 Å². The van der Waals surface area contributed by atoms with Gasteiger partial charge in [-0.2, -0.15) is 0 Å². The van der Waals surface area contributed by atoms with Crippen molar-refractivity contribution < 1.29 is 18.0 Å². The predicted molar refractivity (Wildman–Crippen MR) is 193 cm³/mol. The number of aryl methyl sites for hydroxylation is 2. The van der Waals surface area contributed by atoms with Crippen LogP contribution >= 0.6 is 34.8 Å². The molecule has 0 aliphatic heterocycles. The Bertz CT molecular complexity index is 1860. The van der Waals surface area contributed by atoms with E-state index in [-0.39, 0.29) is 35.5 Å². The van der Waals surface area contributed by atoms with Gasteiger partial charge in [-0.25, -0.2) is 8.42 Å². The lowest BCUT2D eigenvalue weighted by molar-refractivity contribution is -0.140. The van der Waals surface area contributed by atoms with Crippen LogP contribution in [0.3, 0.4) is 0 Å². The second-order valence-corrected chi connectivity index (χ2v) is 15.3. The molecule has 1 aliphatic rings. The van der Waals surface area contributed by atoms with Gasteiger partial charge in [-0.1, -0.05) is 108 Å². The van der Waals surface area contributed by atoms with Gasteiger partial charge in [0.25, 0.3) is 10.0 Å². The molecule has 252 valence electrons. The molecule has 0 spiro atoms. The molecule has 11 heteroatoms. The van der Waals surface area contributed by atoms with Gasteiger partial charge >= 0.3 is 0 Å². The van der Waals surface area contributed by atoms with Crippen LogP contribution in [0.25, 0.3) is 0 Å². The lowest BCUT2D eigenvalue weighted by Crippen LogP contribution is -2.54. The zero-order valence-electron chi connectivity index (χ0n) is 26.8. The molecule has 0 bridgehead atoms. The Balaban J connectivity index is 1.60. The van der Waals surface area contributed by atoms with Crippen molar-refractivity contribution in [1.82, 2.24) is 10.2 Å². The van der Waals surface area contributed by atoms with Gasteiger partial charge in [0.1, 0.15) is 12.6 Å². The first-order valence-electron chi connectivity index (χ1n) is 15.9. The summed E-state index contributed by atoms with van der Waals surface area (Å²) in [4.78, 5) is 30.4. The first kappa shape index (κ1) is 35.7. The van der Waals surface area contributed by atoms with E-state index in [1.165, 1.54) is 23.1 Å². The number of benzene rings is 4. The molecule has 48 heavy (non-hydrogen) atoms. The predicted octanol–water partition coefficient (Wildman–Crippen LogP) is 8.16. The van der Waals surface area contributed by atoms with Crippen molar-refractivity contribution in [3.63, 3.8) is 0 Å². The summed E-state index contributed by atoms with van der Waals surface area (Å²) in [7, 11) is -4.26. The third-order valence-electron chi connectivity index (χ3n) is 8.64. The number of sulfonamides is 1. The molecule has 0 unspecified atom stereocenters. The number of rotatable bonds is 12. The summed E-state index contributed by atoms with van der Waals surface area (Å²) in [5.74, 6) is -0.871. The van der Waals surface area contributed by atoms with Crippen LogP contribution in [-0.2, 0) is 32.6 Å². The number of nitrogens with one attached hydrogen (secondary N) is 1. The van der Waals surface area contributed by atoms with E-state index in [1.807, 2.05) is 37.3 Å². The highest BCUT2D eigenvalue weighted by molar-refractivity contribution is 7.92. The van der Waals surface area contributed by atoms with Crippen molar-refractivity contribution in [1.29, 1.82) is 0 Å². The minimum atomic E-state index is -4.26. The average molecular weight is 727 g/mol. The number of hydrogen-bond acceptors (Lipinski definition) is 4. The number of halogens is 3. The van der Waals surface area contributed by atoms with E-state index >= 15 is 0 Å². The van der Waals surface area contributed by atoms with Gasteiger partial charge in [0.05, 0.1) is 20.6 Å². The Kier molecular flexibility index (Phi) is 11.7. The molecule has 4 aromatic rings. The van der Waals surface area contributed by atoms with Crippen LogP contribution in [0.5, 0.6) is 0 Å². The first-order chi connectivity index (χ1) is 22.9. The molecule has 0 saturated heterocycles. The summed E-state index contributed by atoms with van der Waals surface area (Å²) in [5.41, 5.74) is 3.25. The molecule has 4 aromatic carbocycles. The van der Waals surface area contributed by atoms with Crippen LogP contribution in [-0.4, -0.2) is 43.8 Å². The maximum absolute atomic E-state index is 14.7.